The van der Waals surface area contributed by atoms with Gasteiger partial charge in [-0.05, 0) is 0 Å². The highest BCUT2D eigenvalue weighted by Gasteiger charge is 2.39. The minimum Gasteiger partial charge on any atom is -0.756 e. The van der Waals surface area contributed by atoms with Crippen molar-refractivity contribution in [3.8, 4) is 0 Å². The number of aromatic nitrogens is 4. The van der Waals surface area contributed by atoms with E-state index in [1.54, 1.807) is 0 Å². The summed E-state index contributed by atoms with van der Waals surface area (Å²) in [4.78, 5) is 54.1. The van der Waals surface area contributed by atoms with Crippen LogP contribution in [0.2, 0.25) is 0 Å². The smallest absolute Gasteiger partial charge is 0.280 e. The van der Waals surface area contributed by atoms with E-state index in [1.807, 2.05) is 0 Å². The average Bonchev–Trinajstić information content (AvgIpc) is 3.26. The molecule has 0 spiro atoms. The predicted molar refractivity (Wildman–Crippen MR) is 101 cm³/mol. The maximum absolute atomic E-state index is 11.8. The quantitative estimate of drug-likeness (QED) is 0.254. The molecule has 1 aliphatic rings. The lowest BCUT2D eigenvalue weighted by Gasteiger charge is -2.33. The Morgan fingerprint density at radius 1 is 1.24 bits per heavy atom. The summed E-state index contributed by atoms with van der Waals surface area (Å²) in [5.41, 5.74) is 6.41. The monoisotopic (exact) mass is 528 g/mol. The molecule has 2 aromatic rings. The summed E-state index contributed by atoms with van der Waals surface area (Å²) < 4.78 is 57.8. The molecule has 0 aromatic carbocycles. The van der Waals surface area contributed by atoms with Crippen LogP contribution in [0.4, 0.5) is 5.82 Å². The van der Waals surface area contributed by atoms with E-state index < -0.39 is 48.5 Å². The summed E-state index contributed by atoms with van der Waals surface area (Å²) in [6.45, 7) is 2.80. The standard InChI is InChI=1S/C13H20N5O12P3/c1-2-3-26-8-4-10(18-7-17-11-12(14)15-6-16-13(11)18)28-9(8)5-27-32(22,23)30-33(24,25)29-31(19,20)21/h2,6-10H,1,3-5H2,(H,22,23)(H,24,25)(H2,14,15,16)(H2,19,20,21)/p-3/t8?,9-,10-/m1/s1. The molecule has 0 aliphatic carbocycles. The molecular formula is C13H17N5O12P3-3. The number of phosphoric acid groups is 3. The van der Waals surface area contributed by atoms with Crippen LogP contribution >= 0.6 is 23.5 Å². The SMILES string of the molecule is C=CCOC1C[C@H](n2cnc3c(N)ncnc32)O[C@@H]1COP(=O)([O-])OP(=O)([O-])OP(=O)([O-])O. The summed E-state index contributed by atoms with van der Waals surface area (Å²) in [5.74, 6) is 0.135. The Labute approximate surface area is 185 Å². The number of nitrogens with zero attached hydrogens (tertiary/aromatic N) is 4. The molecule has 17 nitrogen and oxygen atoms in total. The Morgan fingerprint density at radius 2 is 1.97 bits per heavy atom. The van der Waals surface area contributed by atoms with E-state index in [0.29, 0.717) is 11.2 Å². The molecule has 184 valence electrons. The van der Waals surface area contributed by atoms with Crippen LogP contribution in [0.25, 0.3) is 11.2 Å². The Morgan fingerprint density at radius 3 is 2.64 bits per heavy atom. The van der Waals surface area contributed by atoms with Crippen molar-refractivity contribution < 1.29 is 55.9 Å². The van der Waals surface area contributed by atoms with Gasteiger partial charge in [-0.1, -0.05) is 6.08 Å². The highest BCUT2D eigenvalue weighted by atomic mass is 31.3. The topological polar surface area (TPSA) is 256 Å². The molecule has 20 heteroatoms. The molecule has 3 N–H and O–H groups in total. The minimum atomic E-state index is -6.01. The van der Waals surface area contributed by atoms with Gasteiger partial charge < -0.3 is 39.3 Å². The molecule has 0 bridgehead atoms. The predicted octanol–water partition coefficient (Wildman–Crippen LogP) is -1.29. The third-order valence-corrected chi connectivity index (χ3v) is 7.80. The summed E-state index contributed by atoms with van der Waals surface area (Å²) in [6.07, 6.45) is 1.65. The van der Waals surface area contributed by atoms with Crippen LogP contribution < -0.4 is 20.4 Å². The third kappa shape index (κ3) is 6.96. The number of hydrogen-bond acceptors (Lipinski definition) is 15. The van der Waals surface area contributed by atoms with E-state index in [9.17, 15) is 28.4 Å². The van der Waals surface area contributed by atoms with Gasteiger partial charge in [0.2, 0.25) is 0 Å². The van der Waals surface area contributed by atoms with Gasteiger partial charge in [-0.15, -0.1) is 6.58 Å². The van der Waals surface area contributed by atoms with Gasteiger partial charge >= 0.3 is 0 Å². The second-order valence-corrected chi connectivity index (χ2v) is 10.7. The van der Waals surface area contributed by atoms with Crippen molar-refractivity contribution in [1.29, 1.82) is 0 Å². The van der Waals surface area contributed by atoms with Gasteiger partial charge in [0.15, 0.2) is 11.5 Å². The fourth-order valence-corrected chi connectivity index (χ4v) is 5.82. The number of phosphoric ester groups is 1. The second-order valence-electron chi connectivity index (χ2n) is 6.43. The average molecular weight is 528 g/mol. The molecule has 4 unspecified atom stereocenters. The van der Waals surface area contributed by atoms with Crippen molar-refractivity contribution >= 4 is 40.4 Å². The number of ether oxygens (including phenoxy) is 2. The fourth-order valence-electron chi connectivity index (χ4n) is 2.92. The van der Waals surface area contributed by atoms with E-state index in [-0.39, 0.29) is 18.8 Å². The molecular weight excluding hydrogens is 511 g/mol. The molecule has 1 aliphatic heterocycles. The van der Waals surface area contributed by atoms with Crippen molar-refractivity contribution in [3.05, 3.63) is 25.3 Å². The van der Waals surface area contributed by atoms with E-state index in [4.69, 9.17) is 20.1 Å². The first-order valence-corrected chi connectivity index (χ1v) is 13.3. The van der Waals surface area contributed by atoms with Gasteiger partial charge in [-0.25, -0.2) is 23.6 Å². The molecule has 1 fully saturated rings. The summed E-state index contributed by atoms with van der Waals surface area (Å²) in [5, 5.41) is 0. The van der Waals surface area contributed by atoms with Gasteiger partial charge in [0.25, 0.3) is 23.5 Å². The minimum absolute atomic E-state index is 0.0709. The third-order valence-electron chi connectivity index (χ3n) is 4.11. The lowest BCUT2D eigenvalue weighted by atomic mass is 10.2. The van der Waals surface area contributed by atoms with Crippen molar-refractivity contribution in [3.63, 3.8) is 0 Å². The number of fused-ring (bicyclic) bond motifs is 1. The molecule has 0 saturated carbocycles. The van der Waals surface area contributed by atoms with Crippen LogP contribution in [0.3, 0.4) is 0 Å². The summed E-state index contributed by atoms with van der Waals surface area (Å²) >= 11 is 0. The Kier molecular flexibility index (Phi) is 7.86. The van der Waals surface area contributed by atoms with Crippen molar-refractivity contribution in [2.24, 2.45) is 0 Å². The van der Waals surface area contributed by atoms with Crippen LogP contribution in [0, 0.1) is 0 Å². The lowest BCUT2D eigenvalue weighted by Crippen LogP contribution is -2.30. The Balaban J connectivity index is 1.72. The van der Waals surface area contributed by atoms with Crippen molar-refractivity contribution in [2.45, 2.75) is 24.9 Å². The van der Waals surface area contributed by atoms with E-state index >= 15 is 0 Å². The van der Waals surface area contributed by atoms with E-state index in [2.05, 4.69) is 34.7 Å². The number of anilines is 1. The summed E-state index contributed by atoms with van der Waals surface area (Å²) in [6, 6.07) is 0. The second kappa shape index (κ2) is 9.96. The van der Waals surface area contributed by atoms with Gasteiger partial charge in [-0.3, -0.25) is 18.3 Å². The zero-order valence-corrected chi connectivity index (χ0v) is 19.1. The highest BCUT2D eigenvalue weighted by molar-refractivity contribution is 7.65. The molecule has 0 radical (unpaired) electrons. The van der Waals surface area contributed by atoms with Crippen LogP contribution in [0.15, 0.2) is 25.3 Å². The number of hydrogen-bond donors (Lipinski definition) is 2. The number of nitrogens with two attached hydrogens (primary N) is 1. The largest absolute Gasteiger partial charge is 0.756 e. The van der Waals surface area contributed by atoms with Gasteiger partial charge in [0.1, 0.15) is 24.2 Å². The van der Waals surface area contributed by atoms with Crippen LogP contribution in [-0.4, -0.2) is 49.8 Å². The normalized spacial score (nSPS) is 26.5. The van der Waals surface area contributed by atoms with E-state index in [1.165, 1.54) is 23.3 Å². The molecule has 2 aromatic heterocycles. The van der Waals surface area contributed by atoms with Gasteiger partial charge in [0.05, 0.1) is 25.6 Å². The molecule has 3 heterocycles. The molecule has 0 amide bonds. The Hall–Kier alpha value is -1.58. The van der Waals surface area contributed by atoms with E-state index in [0.717, 1.165) is 0 Å². The highest BCUT2D eigenvalue weighted by Crippen LogP contribution is 2.61. The van der Waals surface area contributed by atoms with Gasteiger partial charge in [0, 0.05) is 6.42 Å². The van der Waals surface area contributed by atoms with Crippen LogP contribution in [-0.2, 0) is 36.3 Å². The first kappa shape index (κ1) is 26.0. The van der Waals surface area contributed by atoms with Crippen molar-refractivity contribution in [1.82, 2.24) is 19.5 Å². The van der Waals surface area contributed by atoms with Crippen LogP contribution in [0.5, 0.6) is 0 Å². The zero-order valence-electron chi connectivity index (χ0n) is 16.4. The zero-order chi connectivity index (χ0) is 24.4. The maximum Gasteiger partial charge on any atom is 0.280 e. The number of nitrogen functional groups attached to an aromatic ring is 1. The molecule has 33 heavy (non-hydrogen) atoms. The fraction of sp³-hybridized carbons (Fsp3) is 0.462. The number of imidazole rings is 1. The molecule has 1 saturated heterocycles. The Bertz CT molecular complexity index is 1150. The molecule has 3 rings (SSSR count). The number of rotatable bonds is 11. The first-order chi connectivity index (χ1) is 15.3. The van der Waals surface area contributed by atoms with Crippen molar-refractivity contribution in [2.75, 3.05) is 18.9 Å². The first-order valence-electron chi connectivity index (χ1n) is 8.84. The summed E-state index contributed by atoms with van der Waals surface area (Å²) in [7, 11) is -17.5. The van der Waals surface area contributed by atoms with Gasteiger partial charge in [-0.2, -0.15) is 0 Å². The molecule has 6 atom stereocenters. The lowest BCUT2D eigenvalue weighted by molar-refractivity contribution is -0.250. The maximum atomic E-state index is 11.8. The van der Waals surface area contributed by atoms with Crippen LogP contribution in [0.1, 0.15) is 12.6 Å².